The number of phenolic OH excluding ortho intramolecular Hbond substituents is 1. The van der Waals surface area contributed by atoms with Crippen LogP contribution in [-0.4, -0.2) is 15.2 Å². The van der Waals surface area contributed by atoms with Crippen LogP contribution in [0.1, 0.15) is 5.56 Å². The van der Waals surface area contributed by atoms with Crippen molar-refractivity contribution in [2.24, 2.45) is 0 Å². The van der Waals surface area contributed by atoms with Gasteiger partial charge in [-0.1, -0.05) is 41.0 Å². The molecule has 0 radical (unpaired) electrons. The normalized spacial score (nSPS) is 10.7. The van der Waals surface area contributed by atoms with Crippen LogP contribution < -0.4 is 0 Å². The fourth-order valence-corrected chi connectivity index (χ4v) is 2.12. The van der Waals surface area contributed by atoms with Gasteiger partial charge in [-0.15, -0.1) is 0 Å². The van der Waals surface area contributed by atoms with Crippen LogP contribution in [0.2, 0.25) is 5.02 Å². The molecule has 0 spiro atoms. The molecule has 0 saturated heterocycles. The Kier molecular flexibility index (Phi) is 3.16. The summed E-state index contributed by atoms with van der Waals surface area (Å²) in [4.78, 5) is 4.32. The summed E-state index contributed by atoms with van der Waals surface area (Å²) in [6.07, 6.45) is 0. The van der Waals surface area contributed by atoms with E-state index in [4.69, 9.17) is 16.1 Å². The van der Waals surface area contributed by atoms with Gasteiger partial charge in [-0.25, -0.2) is 0 Å². The van der Waals surface area contributed by atoms with Gasteiger partial charge < -0.3 is 9.63 Å². The van der Waals surface area contributed by atoms with E-state index in [0.717, 1.165) is 11.1 Å². The number of rotatable bonds is 2. The average Bonchev–Trinajstić information content (AvgIpc) is 2.88. The number of benzene rings is 2. The quantitative estimate of drug-likeness (QED) is 0.771. The SMILES string of the molecule is Cc1ccccc1-c1noc(-c2ccc(Cl)cc2O)n1. The molecule has 0 amide bonds. The number of hydrogen-bond acceptors (Lipinski definition) is 4. The molecule has 0 aliphatic heterocycles. The topological polar surface area (TPSA) is 59.2 Å². The van der Waals surface area contributed by atoms with Crippen molar-refractivity contribution in [3.05, 3.63) is 53.1 Å². The highest BCUT2D eigenvalue weighted by atomic mass is 35.5. The van der Waals surface area contributed by atoms with Crippen molar-refractivity contribution in [1.82, 2.24) is 10.1 Å². The molecule has 3 aromatic rings. The summed E-state index contributed by atoms with van der Waals surface area (Å²) >= 11 is 5.80. The van der Waals surface area contributed by atoms with Gasteiger partial charge in [0.25, 0.3) is 5.89 Å². The van der Waals surface area contributed by atoms with E-state index in [0.29, 0.717) is 16.4 Å². The van der Waals surface area contributed by atoms with Crippen molar-refractivity contribution in [1.29, 1.82) is 0 Å². The third-order valence-electron chi connectivity index (χ3n) is 3.00. The summed E-state index contributed by atoms with van der Waals surface area (Å²) < 4.78 is 5.22. The number of aromatic nitrogens is 2. The Balaban J connectivity index is 2.04. The zero-order chi connectivity index (χ0) is 14.1. The van der Waals surface area contributed by atoms with Gasteiger partial charge in [-0.2, -0.15) is 4.98 Å². The number of phenols is 1. The van der Waals surface area contributed by atoms with Crippen LogP contribution in [0.15, 0.2) is 47.0 Å². The van der Waals surface area contributed by atoms with Crippen LogP contribution in [0.4, 0.5) is 0 Å². The van der Waals surface area contributed by atoms with Gasteiger partial charge in [0.1, 0.15) is 5.75 Å². The van der Waals surface area contributed by atoms with Crippen molar-refractivity contribution in [2.45, 2.75) is 6.92 Å². The fraction of sp³-hybridized carbons (Fsp3) is 0.0667. The van der Waals surface area contributed by atoms with Gasteiger partial charge >= 0.3 is 0 Å². The minimum Gasteiger partial charge on any atom is -0.507 e. The lowest BCUT2D eigenvalue weighted by Crippen LogP contribution is -1.85. The maximum Gasteiger partial charge on any atom is 0.261 e. The molecule has 1 heterocycles. The highest BCUT2D eigenvalue weighted by Gasteiger charge is 2.15. The Morgan fingerprint density at radius 1 is 1.10 bits per heavy atom. The highest BCUT2D eigenvalue weighted by Crippen LogP contribution is 2.31. The molecule has 4 nitrogen and oxygen atoms in total. The maximum absolute atomic E-state index is 9.87. The molecule has 0 aliphatic rings. The van der Waals surface area contributed by atoms with Gasteiger partial charge in [-0.3, -0.25) is 0 Å². The summed E-state index contributed by atoms with van der Waals surface area (Å²) in [6.45, 7) is 1.98. The van der Waals surface area contributed by atoms with Crippen LogP contribution in [0.5, 0.6) is 5.75 Å². The molecule has 1 aromatic heterocycles. The Bertz CT molecular complexity index is 768. The number of nitrogens with zero attached hydrogens (tertiary/aromatic N) is 2. The van der Waals surface area contributed by atoms with Crippen LogP contribution in [0.3, 0.4) is 0 Å². The predicted octanol–water partition coefficient (Wildman–Crippen LogP) is 4.07. The molecular weight excluding hydrogens is 276 g/mol. The van der Waals surface area contributed by atoms with Crippen LogP contribution >= 0.6 is 11.6 Å². The summed E-state index contributed by atoms with van der Waals surface area (Å²) in [5.74, 6) is 0.766. The Labute approximate surface area is 120 Å². The van der Waals surface area contributed by atoms with Crippen molar-refractivity contribution >= 4 is 11.6 Å². The van der Waals surface area contributed by atoms with Crippen molar-refractivity contribution in [2.75, 3.05) is 0 Å². The second-order valence-electron chi connectivity index (χ2n) is 4.40. The standard InChI is InChI=1S/C15H11ClN2O2/c1-9-4-2-3-5-11(9)14-17-15(20-18-14)12-7-6-10(16)8-13(12)19/h2-8,19H,1H3. The van der Waals surface area contributed by atoms with Gasteiger partial charge in [0.05, 0.1) is 5.56 Å². The lowest BCUT2D eigenvalue weighted by Gasteiger charge is -1.99. The van der Waals surface area contributed by atoms with Crippen LogP contribution in [0.25, 0.3) is 22.8 Å². The second-order valence-corrected chi connectivity index (χ2v) is 4.84. The zero-order valence-electron chi connectivity index (χ0n) is 10.7. The van der Waals surface area contributed by atoms with Gasteiger partial charge in [0.2, 0.25) is 5.82 Å². The first kappa shape index (κ1) is 12.7. The molecule has 20 heavy (non-hydrogen) atoms. The highest BCUT2D eigenvalue weighted by molar-refractivity contribution is 6.30. The number of hydrogen-bond donors (Lipinski definition) is 1. The maximum atomic E-state index is 9.87. The molecular formula is C15H11ClN2O2. The third-order valence-corrected chi connectivity index (χ3v) is 3.24. The summed E-state index contributed by atoms with van der Waals surface area (Å²) in [5.41, 5.74) is 2.41. The smallest absolute Gasteiger partial charge is 0.261 e. The molecule has 2 aromatic carbocycles. The van der Waals surface area contributed by atoms with Gasteiger partial charge in [0, 0.05) is 10.6 Å². The van der Waals surface area contributed by atoms with Gasteiger partial charge in [0.15, 0.2) is 0 Å². The molecule has 3 rings (SSSR count). The third kappa shape index (κ3) is 2.26. The molecule has 100 valence electrons. The molecule has 0 saturated carbocycles. The molecule has 0 aliphatic carbocycles. The summed E-state index contributed by atoms with van der Waals surface area (Å²) in [7, 11) is 0. The Hall–Kier alpha value is -2.33. The number of halogens is 1. The first-order valence-electron chi connectivity index (χ1n) is 6.04. The van der Waals surface area contributed by atoms with E-state index in [2.05, 4.69) is 10.1 Å². The first-order valence-corrected chi connectivity index (χ1v) is 6.41. The lowest BCUT2D eigenvalue weighted by atomic mass is 10.1. The lowest BCUT2D eigenvalue weighted by molar-refractivity contribution is 0.425. The van der Waals surface area contributed by atoms with E-state index < -0.39 is 0 Å². The van der Waals surface area contributed by atoms with E-state index >= 15 is 0 Å². The summed E-state index contributed by atoms with van der Waals surface area (Å²) in [5, 5.41) is 14.3. The van der Waals surface area contributed by atoms with Crippen molar-refractivity contribution in [3.8, 4) is 28.6 Å². The van der Waals surface area contributed by atoms with E-state index in [9.17, 15) is 5.11 Å². The monoisotopic (exact) mass is 286 g/mol. The zero-order valence-corrected chi connectivity index (χ0v) is 11.4. The van der Waals surface area contributed by atoms with E-state index in [1.807, 2.05) is 31.2 Å². The second kappa shape index (κ2) is 4.98. The van der Waals surface area contributed by atoms with Crippen LogP contribution in [0, 0.1) is 6.92 Å². The molecule has 0 fully saturated rings. The Morgan fingerprint density at radius 2 is 1.90 bits per heavy atom. The molecule has 1 N–H and O–H groups in total. The van der Waals surface area contributed by atoms with Crippen LogP contribution in [-0.2, 0) is 0 Å². The fourth-order valence-electron chi connectivity index (χ4n) is 1.95. The Morgan fingerprint density at radius 3 is 2.65 bits per heavy atom. The predicted molar refractivity (Wildman–Crippen MR) is 76.6 cm³/mol. The van der Waals surface area contributed by atoms with Gasteiger partial charge in [-0.05, 0) is 30.7 Å². The largest absolute Gasteiger partial charge is 0.507 e. The van der Waals surface area contributed by atoms with Crippen molar-refractivity contribution in [3.63, 3.8) is 0 Å². The first-order chi connectivity index (χ1) is 9.65. The molecule has 5 heteroatoms. The van der Waals surface area contributed by atoms with Crippen molar-refractivity contribution < 1.29 is 9.63 Å². The summed E-state index contributed by atoms with van der Waals surface area (Å²) in [6, 6.07) is 12.5. The van der Waals surface area contributed by atoms with E-state index in [1.165, 1.54) is 6.07 Å². The van der Waals surface area contributed by atoms with E-state index in [1.54, 1.807) is 12.1 Å². The number of aryl methyl sites for hydroxylation is 1. The average molecular weight is 287 g/mol. The molecule has 0 bridgehead atoms. The molecule has 0 unspecified atom stereocenters. The molecule has 0 atom stereocenters. The minimum absolute atomic E-state index is 0.0116. The number of aromatic hydroxyl groups is 1. The minimum atomic E-state index is 0.0116. The van der Waals surface area contributed by atoms with E-state index in [-0.39, 0.29) is 11.6 Å².